The van der Waals surface area contributed by atoms with Crippen LogP contribution in [-0.4, -0.2) is 24.6 Å². The smallest absolute Gasteiger partial charge is 0.313 e. The first kappa shape index (κ1) is 18.2. The van der Waals surface area contributed by atoms with E-state index in [9.17, 15) is 9.59 Å². The van der Waals surface area contributed by atoms with Gasteiger partial charge in [-0.15, -0.1) is 11.3 Å². The van der Waals surface area contributed by atoms with Crippen molar-refractivity contribution in [1.29, 1.82) is 5.26 Å². The number of fused-ring (bicyclic) bond motifs is 1. The summed E-state index contributed by atoms with van der Waals surface area (Å²) in [4.78, 5) is 24.6. The highest BCUT2D eigenvalue weighted by atomic mass is 35.5. The van der Waals surface area contributed by atoms with Gasteiger partial charge in [-0.05, 0) is 48.6 Å². The van der Waals surface area contributed by atoms with E-state index < -0.39 is 23.9 Å². The summed E-state index contributed by atoms with van der Waals surface area (Å²) in [6.07, 6.45) is -0.552. The second-order valence-electron chi connectivity index (χ2n) is 5.81. The summed E-state index contributed by atoms with van der Waals surface area (Å²) in [5.41, 5.74) is 1.20. The van der Waals surface area contributed by atoms with Gasteiger partial charge < -0.3 is 14.8 Å². The molecule has 0 bridgehead atoms. The van der Waals surface area contributed by atoms with E-state index in [0.717, 1.165) is 5.56 Å². The van der Waals surface area contributed by atoms with Gasteiger partial charge in [-0.25, -0.2) is 0 Å². The molecule has 6 nitrogen and oxygen atoms in total. The molecule has 0 spiro atoms. The summed E-state index contributed by atoms with van der Waals surface area (Å²) in [6.45, 7) is 1.67. The number of amides is 1. The van der Waals surface area contributed by atoms with Crippen molar-refractivity contribution in [3.05, 3.63) is 45.8 Å². The van der Waals surface area contributed by atoms with Gasteiger partial charge in [0.15, 0.2) is 6.10 Å². The molecule has 2 heterocycles. The number of carbonyl (C=O) groups excluding carboxylic acids is 2. The lowest BCUT2D eigenvalue weighted by Crippen LogP contribution is -2.36. The van der Waals surface area contributed by atoms with Crippen LogP contribution in [0.4, 0.5) is 5.00 Å². The number of ether oxygens (including phenoxy) is 2. The fraction of sp³-hybridized carbons (Fsp3) is 0.278. The van der Waals surface area contributed by atoms with E-state index in [1.165, 1.54) is 18.3 Å². The van der Waals surface area contributed by atoms with Gasteiger partial charge in [0.1, 0.15) is 23.4 Å². The highest BCUT2D eigenvalue weighted by Crippen LogP contribution is 2.30. The molecule has 2 atom stereocenters. The predicted molar refractivity (Wildman–Crippen MR) is 97.4 cm³/mol. The lowest BCUT2D eigenvalue weighted by atomic mass is 9.97. The molecule has 0 fully saturated rings. The molecule has 1 amide bonds. The topological polar surface area (TPSA) is 88.4 Å². The average molecular weight is 391 g/mol. The molecular formula is C18H15ClN2O4S. The Balaban J connectivity index is 1.59. The van der Waals surface area contributed by atoms with Crippen molar-refractivity contribution < 1.29 is 19.1 Å². The van der Waals surface area contributed by atoms with E-state index in [2.05, 4.69) is 5.32 Å². The molecule has 1 N–H and O–H groups in total. The number of nitrogens with one attached hydrogen (secondary N) is 1. The number of anilines is 1. The first-order valence-corrected chi connectivity index (χ1v) is 9.14. The number of halogens is 1. The van der Waals surface area contributed by atoms with Gasteiger partial charge in [0.05, 0.1) is 11.5 Å². The molecule has 3 rings (SSSR count). The van der Waals surface area contributed by atoms with Crippen LogP contribution in [0.3, 0.4) is 0 Å². The van der Waals surface area contributed by atoms with Crippen molar-refractivity contribution in [3.63, 3.8) is 0 Å². The van der Waals surface area contributed by atoms with E-state index in [1.807, 2.05) is 6.07 Å². The molecule has 134 valence electrons. The molecule has 1 aromatic heterocycles. The second-order valence-corrected chi connectivity index (χ2v) is 7.16. The van der Waals surface area contributed by atoms with Crippen LogP contribution in [0.1, 0.15) is 18.1 Å². The summed E-state index contributed by atoms with van der Waals surface area (Å²) in [7, 11) is 0. The lowest BCUT2D eigenvalue weighted by Gasteiger charge is -2.25. The van der Waals surface area contributed by atoms with Crippen LogP contribution in [0.15, 0.2) is 29.6 Å². The van der Waals surface area contributed by atoms with Gasteiger partial charge in [-0.3, -0.25) is 9.59 Å². The summed E-state index contributed by atoms with van der Waals surface area (Å²) in [5.74, 6) is -0.805. The average Bonchev–Trinajstić information content (AvgIpc) is 3.07. The van der Waals surface area contributed by atoms with Gasteiger partial charge in [-0.2, -0.15) is 5.26 Å². The molecule has 8 heteroatoms. The Hall–Kier alpha value is -2.56. The zero-order valence-electron chi connectivity index (χ0n) is 13.8. The Labute approximate surface area is 159 Å². The van der Waals surface area contributed by atoms with Crippen LogP contribution in [0.2, 0.25) is 5.02 Å². The van der Waals surface area contributed by atoms with Crippen molar-refractivity contribution >= 4 is 39.8 Å². The number of thiophene rings is 1. The van der Waals surface area contributed by atoms with Crippen molar-refractivity contribution in [3.8, 4) is 11.8 Å². The fourth-order valence-electron chi connectivity index (χ4n) is 2.55. The van der Waals surface area contributed by atoms with Gasteiger partial charge in [0, 0.05) is 5.02 Å². The van der Waals surface area contributed by atoms with E-state index in [1.54, 1.807) is 29.6 Å². The van der Waals surface area contributed by atoms with E-state index >= 15 is 0 Å². The first-order valence-electron chi connectivity index (χ1n) is 7.88. The van der Waals surface area contributed by atoms with Crippen LogP contribution >= 0.6 is 22.9 Å². The Bertz CT molecular complexity index is 890. The maximum atomic E-state index is 12.4. The summed E-state index contributed by atoms with van der Waals surface area (Å²) >= 11 is 7.21. The van der Waals surface area contributed by atoms with Crippen molar-refractivity contribution in [2.45, 2.75) is 19.4 Å². The summed E-state index contributed by atoms with van der Waals surface area (Å²) in [6, 6.07) is 8.85. The normalized spacial score (nSPS) is 16.6. The third kappa shape index (κ3) is 3.98. The summed E-state index contributed by atoms with van der Waals surface area (Å²) < 4.78 is 10.9. The Morgan fingerprint density at radius 2 is 2.27 bits per heavy atom. The molecule has 0 saturated heterocycles. The maximum absolute atomic E-state index is 12.4. The van der Waals surface area contributed by atoms with Gasteiger partial charge in [0.2, 0.25) is 0 Å². The van der Waals surface area contributed by atoms with Crippen molar-refractivity contribution in [2.75, 3.05) is 11.9 Å². The van der Waals surface area contributed by atoms with E-state index in [-0.39, 0.29) is 6.61 Å². The predicted octanol–water partition coefficient (Wildman–Crippen LogP) is 3.39. The van der Waals surface area contributed by atoms with E-state index in [0.29, 0.717) is 27.8 Å². The van der Waals surface area contributed by atoms with Crippen LogP contribution in [0.5, 0.6) is 5.75 Å². The van der Waals surface area contributed by atoms with Crippen molar-refractivity contribution in [1.82, 2.24) is 0 Å². The number of hydrogen-bond donors (Lipinski definition) is 1. The van der Waals surface area contributed by atoms with Crippen LogP contribution < -0.4 is 10.1 Å². The molecule has 1 aromatic carbocycles. The lowest BCUT2D eigenvalue weighted by molar-refractivity contribution is -0.158. The Morgan fingerprint density at radius 1 is 1.46 bits per heavy atom. The number of benzene rings is 1. The van der Waals surface area contributed by atoms with E-state index in [4.69, 9.17) is 26.3 Å². The largest absolute Gasteiger partial charge is 0.492 e. The standard InChI is InChI=1S/C18H15ClN2O4S/c1-10(16(22)21-17-11(8-20)4-5-26-17)25-18(23)13-6-12-7-14(19)2-3-15(12)24-9-13/h2-5,7,10,13H,6,9H2,1H3,(H,21,22)/t10-,13+/m1/s1. The third-order valence-corrected chi connectivity index (χ3v) is 5.01. The van der Waals surface area contributed by atoms with Crippen molar-refractivity contribution in [2.24, 2.45) is 5.92 Å². The number of nitriles is 1. The van der Waals surface area contributed by atoms with Crippen LogP contribution in [0, 0.1) is 17.2 Å². The van der Waals surface area contributed by atoms with Gasteiger partial charge in [0.25, 0.3) is 5.91 Å². The Morgan fingerprint density at radius 3 is 3.04 bits per heavy atom. The number of nitrogens with zero attached hydrogens (tertiary/aromatic N) is 1. The molecule has 1 aliphatic rings. The van der Waals surface area contributed by atoms with Gasteiger partial charge in [-0.1, -0.05) is 11.6 Å². The monoisotopic (exact) mass is 390 g/mol. The number of carbonyl (C=O) groups is 2. The third-order valence-electron chi connectivity index (χ3n) is 3.95. The second kappa shape index (κ2) is 7.77. The highest BCUT2D eigenvalue weighted by molar-refractivity contribution is 7.14. The number of esters is 1. The quantitative estimate of drug-likeness (QED) is 0.808. The molecular weight excluding hydrogens is 376 g/mol. The number of rotatable bonds is 4. The van der Waals surface area contributed by atoms with Crippen LogP contribution in [0.25, 0.3) is 0 Å². The van der Waals surface area contributed by atoms with Crippen LogP contribution in [-0.2, 0) is 20.7 Å². The molecule has 0 radical (unpaired) electrons. The maximum Gasteiger partial charge on any atom is 0.313 e. The molecule has 2 aromatic rings. The minimum absolute atomic E-state index is 0.186. The fourth-order valence-corrected chi connectivity index (χ4v) is 3.48. The SMILES string of the molecule is C[C@@H](OC(=O)[C@@H]1COc2ccc(Cl)cc2C1)C(=O)Nc1sccc1C#N. The van der Waals surface area contributed by atoms with Gasteiger partial charge >= 0.3 is 5.97 Å². The first-order chi connectivity index (χ1) is 12.5. The molecule has 0 aliphatic carbocycles. The number of hydrogen-bond acceptors (Lipinski definition) is 6. The zero-order chi connectivity index (χ0) is 18.7. The molecule has 26 heavy (non-hydrogen) atoms. The highest BCUT2D eigenvalue weighted by Gasteiger charge is 2.30. The minimum Gasteiger partial charge on any atom is -0.492 e. The minimum atomic E-state index is -0.989. The zero-order valence-corrected chi connectivity index (χ0v) is 15.4. The molecule has 0 unspecified atom stereocenters. The molecule has 0 saturated carbocycles. The Kier molecular flexibility index (Phi) is 5.45. The molecule has 1 aliphatic heterocycles. The summed E-state index contributed by atoms with van der Waals surface area (Å²) in [5, 5.41) is 14.3.